The van der Waals surface area contributed by atoms with Crippen molar-refractivity contribution in [3.63, 3.8) is 0 Å². The molecule has 0 aliphatic carbocycles. The van der Waals surface area contributed by atoms with Gasteiger partial charge in [0.1, 0.15) is 5.75 Å². The molecule has 0 saturated carbocycles. The predicted octanol–water partition coefficient (Wildman–Crippen LogP) is 5.15. The van der Waals surface area contributed by atoms with Crippen LogP contribution in [0.1, 0.15) is 6.92 Å². The summed E-state index contributed by atoms with van der Waals surface area (Å²) in [4.78, 5) is 17.6. The Morgan fingerprint density at radius 2 is 1.69 bits per heavy atom. The maximum absolute atomic E-state index is 13.1. The first-order valence-corrected chi connectivity index (χ1v) is 10.4. The molecule has 0 aliphatic rings. The van der Waals surface area contributed by atoms with Gasteiger partial charge in [-0.15, -0.1) is 0 Å². The van der Waals surface area contributed by atoms with E-state index in [1.54, 1.807) is 36.4 Å². The minimum atomic E-state index is -0.252. The zero-order valence-corrected chi connectivity index (χ0v) is 17.8. The van der Waals surface area contributed by atoms with Crippen molar-refractivity contribution in [3.05, 3.63) is 88.2 Å². The zero-order valence-electron chi connectivity index (χ0n) is 17.0. The Hall–Kier alpha value is -3.97. The highest BCUT2D eigenvalue weighted by Crippen LogP contribution is 2.27. The minimum absolute atomic E-state index is 0.216. The van der Waals surface area contributed by atoms with Crippen LogP contribution >= 0.6 is 11.6 Å². The van der Waals surface area contributed by atoms with Crippen molar-refractivity contribution in [1.29, 1.82) is 0 Å². The van der Waals surface area contributed by atoms with Gasteiger partial charge < -0.3 is 9.26 Å². The second-order valence-electron chi connectivity index (χ2n) is 6.97. The molecule has 8 heteroatoms. The number of nitrogens with zero attached hydrogens (tertiary/aromatic N) is 4. The largest absolute Gasteiger partial charge is 0.494 e. The number of ether oxygens (including phenoxy) is 1. The molecule has 32 heavy (non-hydrogen) atoms. The number of hydrogen-bond donors (Lipinski definition) is 0. The lowest BCUT2D eigenvalue weighted by molar-refractivity contribution is 0.340. The van der Waals surface area contributed by atoms with E-state index in [1.165, 1.54) is 4.68 Å². The molecule has 2 aromatic heterocycles. The molecular weight excluding hydrogens is 428 g/mol. The highest BCUT2D eigenvalue weighted by atomic mass is 35.5. The normalized spacial score (nSPS) is 11.1. The van der Waals surface area contributed by atoms with Gasteiger partial charge in [-0.2, -0.15) is 14.8 Å². The molecule has 0 radical (unpaired) electrons. The smallest absolute Gasteiger partial charge is 0.279 e. The molecule has 0 spiro atoms. The van der Waals surface area contributed by atoms with Crippen molar-refractivity contribution in [2.45, 2.75) is 6.92 Å². The van der Waals surface area contributed by atoms with E-state index in [-0.39, 0.29) is 11.4 Å². The third-order valence-corrected chi connectivity index (χ3v) is 5.18. The van der Waals surface area contributed by atoms with Gasteiger partial charge in [-0.1, -0.05) is 35.0 Å². The van der Waals surface area contributed by atoms with Gasteiger partial charge in [-0.3, -0.25) is 4.79 Å². The number of benzene rings is 3. The van der Waals surface area contributed by atoms with Crippen molar-refractivity contribution in [2.75, 3.05) is 6.61 Å². The van der Waals surface area contributed by atoms with Crippen LogP contribution in [-0.2, 0) is 0 Å². The van der Waals surface area contributed by atoms with E-state index in [0.717, 1.165) is 11.3 Å². The van der Waals surface area contributed by atoms with Crippen LogP contribution in [0, 0.1) is 0 Å². The van der Waals surface area contributed by atoms with Gasteiger partial charge in [-0.25, -0.2) is 0 Å². The molecule has 0 unspecified atom stereocenters. The SMILES string of the molecule is CCOc1ccc(-c2noc(-c3nn(-c4ccc(Cl)cc4)c(=O)c4ccccc34)n2)cc1. The Kier molecular flexibility index (Phi) is 5.17. The first-order valence-electron chi connectivity index (χ1n) is 9.99. The van der Waals surface area contributed by atoms with Gasteiger partial charge in [0, 0.05) is 16.0 Å². The Morgan fingerprint density at radius 1 is 0.969 bits per heavy atom. The van der Waals surface area contributed by atoms with Crippen molar-refractivity contribution in [1.82, 2.24) is 19.9 Å². The van der Waals surface area contributed by atoms with Crippen molar-refractivity contribution < 1.29 is 9.26 Å². The van der Waals surface area contributed by atoms with Gasteiger partial charge in [-0.05, 0) is 61.5 Å². The summed E-state index contributed by atoms with van der Waals surface area (Å²) in [6.45, 7) is 2.52. The van der Waals surface area contributed by atoms with Crippen LogP contribution in [0.5, 0.6) is 5.75 Å². The third kappa shape index (κ3) is 3.63. The fraction of sp³-hybridized carbons (Fsp3) is 0.0833. The molecule has 0 atom stereocenters. The van der Waals surface area contributed by atoms with Crippen LogP contribution in [0.3, 0.4) is 0 Å². The summed E-state index contributed by atoms with van der Waals surface area (Å²) in [6, 6.07) is 21.5. The van der Waals surface area contributed by atoms with Crippen LogP contribution in [0.4, 0.5) is 0 Å². The van der Waals surface area contributed by atoms with Gasteiger partial charge in [0.25, 0.3) is 11.4 Å². The summed E-state index contributed by atoms with van der Waals surface area (Å²) in [6.07, 6.45) is 0. The monoisotopic (exact) mass is 444 g/mol. The average Bonchev–Trinajstić information content (AvgIpc) is 3.31. The highest BCUT2D eigenvalue weighted by molar-refractivity contribution is 6.30. The molecule has 0 N–H and O–H groups in total. The number of hydrogen-bond acceptors (Lipinski definition) is 6. The third-order valence-electron chi connectivity index (χ3n) is 4.93. The maximum Gasteiger partial charge on any atom is 0.279 e. The summed E-state index contributed by atoms with van der Waals surface area (Å²) in [5.74, 6) is 1.40. The zero-order chi connectivity index (χ0) is 22.1. The Balaban J connectivity index is 1.63. The summed E-state index contributed by atoms with van der Waals surface area (Å²) in [5.41, 5.74) is 1.52. The Morgan fingerprint density at radius 3 is 2.41 bits per heavy atom. The van der Waals surface area contributed by atoms with E-state index in [4.69, 9.17) is 20.9 Å². The molecule has 0 bridgehead atoms. The van der Waals surface area contributed by atoms with E-state index in [1.807, 2.05) is 43.3 Å². The van der Waals surface area contributed by atoms with E-state index in [2.05, 4.69) is 15.2 Å². The number of aromatic nitrogens is 4. The molecule has 158 valence electrons. The maximum atomic E-state index is 13.1. The summed E-state index contributed by atoms with van der Waals surface area (Å²) >= 11 is 6.00. The van der Waals surface area contributed by atoms with E-state index < -0.39 is 0 Å². The summed E-state index contributed by atoms with van der Waals surface area (Å²) in [7, 11) is 0. The van der Waals surface area contributed by atoms with Crippen LogP contribution in [0.15, 0.2) is 82.1 Å². The summed E-state index contributed by atoms with van der Waals surface area (Å²) < 4.78 is 12.3. The van der Waals surface area contributed by atoms with Crippen LogP contribution < -0.4 is 10.3 Å². The fourth-order valence-electron chi connectivity index (χ4n) is 3.41. The van der Waals surface area contributed by atoms with Crippen molar-refractivity contribution >= 4 is 22.4 Å². The lowest BCUT2D eigenvalue weighted by atomic mass is 10.1. The number of rotatable bonds is 5. The molecule has 0 amide bonds. The Bertz CT molecular complexity index is 1460. The number of fused-ring (bicyclic) bond motifs is 1. The topological polar surface area (TPSA) is 83.0 Å². The standard InChI is InChI=1S/C24H17ClN4O3/c1-2-31-18-13-7-15(8-14-18)22-26-23(32-28-22)21-19-5-3-4-6-20(19)24(30)29(27-21)17-11-9-16(25)10-12-17/h3-14H,2H2,1H3. The fourth-order valence-corrected chi connectivity index (χ4v) is 3.53. The molecule has 7 nitrogen and oxygen atoms in total. The summed E-state index contributed by atoms with van der Waals surface area (Å²) in [5, 5.41) is 10.4. The van der Waals surface area contributed by atoms with Crippen LogP contribution in [0.25, 0.3) is 39.4 Å². The molecule has 0 saturated heterocycles. The molecule has 0 aliphatic heterocycles. The Labute approximate surface area is 187 Å². The predicted molar refractivity (Wildman–Crippen MR) is 122 cm³/mol. The first kappa shape index (κ1) is 20.0. The van der Waals surface area contributed by atoms with Crippen molar-refractivity contribution in [3.8, 4) is 34.4 Å². The quantitative estimate of drug-likeness (QED) is 0.372. The van der Waals surface area contributed by atoms with Gasteiger partial charge in [0.2, 0.25) is 5.82 Å². The second kappa shape index (κ2) is 8.28. The van der Waals surface area contributed by atoms with Crippen LogP contribution in [0.2, 0.25) is 5.02 Å². The van der Waals surface area contributed by atoms with Gasteiger partial charge in [0.05, 0.1) is 17.7 Å². The molecule has 5 rings (SSSR count). The molecule has 3 aromatic carbocycles. The molecule has 0 fully saturated rings. The van der Waals surface area contributed by atoms with E-state index in [0.29, 0.717) is 39.6 Å². The van der Waals surface area contributed by atoms with Gasteiger partial charge in [0.15, 0.2) is 5.69 Å². The molecular formula is C24H17ClN4O3. The van der Waals surface area contributed by atoms with E-state index in [9.17, 15) is 4.79 Å². The van der Waals surface area contributed by atoms with Gasteiger partial charge >= 0.3 is 0 Å². The van der Waals surface area contributed by atoms with Crippen LogP contribution in [-0.4, -0.2) is 26.5 Å². The number of halogens is 1. The minimum Gasteiger partial charge on any atom is -0.494 e. The van der Waals surface area contributed by atoms with Crippen molar-refractivity contribution in [2.24, 2.45) is 0 Å². The molecule has 5 aromatic rings. The lowest BCUT2D eigenvalue weighted by Crippen LogP contribution is -2.22. The molecule has 2 heterocycles. The highest BCUT2D eigenvalue weighted by Gasteiger charge is 2.19. The van der Waals surface area contributed by atoms with E-state index >= 15 is 0 Å². The second-order valence-corrected chi connectivity index (χ2v) is 7.40. The average molecular weight is 445 g/mol. The first-order chi connectivity index (χ1) is 15.6. The lowest BCUT2D eigenvalue weighted by Gasteiger charge is -2.09.